The van der Waals surface area contributed by atoms with Crippen molar-refractivity contribution in [3.8, 4) is 0 Å². The number of unbranched alkanes of at least 4 members (excludes halogenated alkanes) is 1. The van der Waals surface area contributed by atoms with Crippen LogP contribution in [0.3, 0.4) is 0 Å². The smallest absolute Gasteiger partial charge is 0.225 e. The average Bonchev–Trinajstić information content (AvgIpc) is 2.53. The number of nitrogens with one attached hydrogen (secondary N) is 2. The zero-order valence-electron chi connectivity index (χ0n) is 13.2. The number of nitrogens with zero attached hydrogens (tertiary/aromatic N) is 2. The van der Waals surface area contributed by atoms with Crippen LogP contribution in [-0.4, -0.2) is 32.7 Å². The van der Waals surface area contributed by atoms with Crippen LogP contribution in [0.4, 0.5) is 11.6 Å². The van der Waals surface area contributed by atoms with Gasteiger partial charge in [-0.2, -0.15) is 0 Å². The number of hydrogen-bond donors (Lipinski definition) is 2. The summed E-state index contributed by atoms with van der Waals surface area (Å²) in [6, 6.07) is 10.7. The predicted molar refractivity (Wildman–Crippen MR) is 91.4 cm³/mol. The van der Waals surface area contributed by atoms with Gasteiger partial charge in [-0.15, -0.1) is 0 Å². The summed E-state index contributed by atoms with van der Waals surface area (Å²) in [6.45, 7) is 0. The molecular weight excluding hydrogens is 312 g/mol. The van der Waals surface area contributed by atoms with Crippen LogP contribution in [0.15, 0.2) is 48.8 Å². The Labute approximate surface area is 140 Å². The van der Waals surface area contributed by atoms with E-state index >= 15 is 0 Å². The number of hydrogen-bond acceptors (Lipinski definition) is 4. The number of carbonyl (C=O) groups excluding carboxylic acids is 2. The summed E-state index contributed by atoms with van der Waals surface area (Å²) >= 11 is 0. The van der Waals surface area contributed by atoms with Crippen molar-refractivity contribution < 1.29 is 20.5 Å². The fourth-order valence-electron chi connectivity index (χ4n) is 1.86. The maximum Gasteiger partial charge on any atom is 0.225 e. The van der Waals surface area contributed by atoms with E-state index in [1.54, 1.807) is 36.7 Å². The largest absolute Gasteiger partial charge is 0.412 e. The minimum atomic E-state index is -0.0937. The molecule has 0 spiro atoms. The molecule has 0 aliphatic rings. The zero-order valence-corrected chi connectivity index (χ0v) is 13.2. The maximum atomic E-state index is 11.7. The third kappa shape index (κ3) is 7.97. The highest BCUT2D eigenvalue weighted by atomic mass is 16.2. The van der Waals surface area contributed by atoms with Gasteiger partial charge in [-0.3, -0.25) is 9.59 Å². The molecule has 0 bridgehead atoms. The lowest BCUT2D eigenvalue weighted by Gasteiger charge is -2.05. The van der Waals surface area contributed by atoms with Crippen LogP contribution >= 0.6 is 0 Å². The first-order valence-corrected chi connectivity index (χ1v) is 7.16. The van der Waals surface area contributed by atoms with Gasteiger partial charge in [0, 0.05) is 25.2 Å². The van der Waals surface area contributed by atoms with Crippen LogP contribution in [0.5, 0.6) is 0 Å². The number of aromatic nitrogens is 2. The first-order chi connectivity index (χ1) is 10.7. The standard InChI is InChI=1S/C16H18N4O2.2H2O/c21-15(19-13-7-3-5-11-17-13)9-1-2-10-16(22)20-14-8-4-6-12-18-14;;/h3-8,11-12H,1-2,9-10H2,(H,17,19,21)(H,18,20,22);2*1H2. The molecule has 0 aromatic carbocycles. The van der Waals surface area contributed by atoms with Crippen LogP contribution < -0.4 is 10.6 Å². The SMILES string of the molecule is O.O.O=C(CCCCC(=O)Nc1ccccn1)Nc1ccccn1. The highest BCUT2D eigenvalue weighted by Gasteiger charge is 2.05. The van der Waals surface area contributed by atoms with Gasteiger partial charge in [0.1, 0.15) is 11.6 Å². The fraction of sp³-hybridized carbons (Fsp3) is 0.250. The third-order valence-electron chi connectivity index (χ3n) is 2.92. The minimum Gasteiger partial charge on any atom is -0.412 e. The lowest BCUT2D eigenvalue weighted by molar-refractivity contribution is -0.118. The molecule has 0 aliphatic heterocycles. The summed E-state index contributed by atoms with van der Waals surface area (Å²) in [5.74, 6) is 0.897. The zero-order chi connectivity index (χ0) is 15.6. The summed E-state index contributed by atoms with van der Waals surface area (Å²) in [7, 11) is 0. The lowest BCUT2D eigenvalue weighted by atomic mass is 10.2. The van der Waals surface area contributed by atoms with E-state index in [1.165, 1.54) is 0 Å². The third-order valence-corrected chi connectivity index (χ3v) is 2.92. The normalized spacial score (nSPS) is 9.17. The van der Waals surface area contributed by atoms with Crippen LogP contribution in [0.2, 0.25) is 0 Å². The molecule has 24 heavy (non-hydrogen) atoms. The molecule has 2 heterocycles. The van der Waals surface area contributed by atoms with Crippen molar-refractivity contribution >= 4 is 23.5 Å². The lowest BCUT2D eigenvalue weighted by Crippen LogP contribution is -2.14. The van der Waals surface area contributed by atoms with Crippen molar-refractivity contribution in [1.29, 1.82) is 0 Å². The van der Waals surface area contributed by atoms with Gasteiger partial charge in [0.2, 0.25) is 11.8 Å². The number of carbonyl (C=O) groups is 2. The molecule has 0 saturated carbocycles. The van der Waals surface area contributed by atoms with Gasteiger partial charge in [-0.05, 0) is 37.1 Å². The van der Waals surface area contributed by atoms with Gasteiger partial charge in [0.05, 0.1) is 0 Å². The van der Waals surface area contributed by atoms with Crippen molar-refractivity contribution in [2.45, 2.75) is 25.7 Å². The minimum absolute atomic E-state index is 0. The molecule has 0 radical (unpaired) electrons. The highest BCUT2D eigenvalue weighted by molar-refractivity contribution is 5.90. The van der Waals surface area contributed by atoms with E-state index in [1.807, 2.05) is 12.1 Å². The molecule has 0 unspecified atom stereocenters. The van der Waals surface area contributed by atoms with Crippen molar-refractivity contribution in [2.75, 3.05) is 10.6 Å². The van der Waals surface area contributed by atoms with E-state index in [9.17, 15) is 9.59 Å². The fourth-order valence-corrected chi connectivity index (χ4v) is 1.86. The average molecular weight is 334 g/mol. The Morgan fingerprint density at radius 1 is 0.750 bits per heavy atom. The summed E-state index contributed by atoms with van der Waals surface area (Å²) in [5, 5.41) is 5.42. The molecule has 130 valence electrons. The van der Waals surface area contributed by atoms with Crippen LogP contribution in [0.1, 0.15) is 25.7 Å². The van der Waals surface area contributed by atoms with Gasteiger partial charge in [0.25, 0.3) is 0 Å². The number of rotatable bonds is 7. The van der Waals surface area contributed by atoms with E-state index in [2.05, 4.69) is 20.6 Å². The molecule has 2 rings (SSSR count). The molecule has 2 amide bonds. The van der Waals surface area contributed by atoms with E-state index < -0.39 is 0 Å². The summed E-state index contributed by atoms with van der Waals surface area (Å²) in [4.78, 5) is 31.4. The van der Waals surface area contributed by atoms with E-state index in [0.717, 1.165) is 0 Å². The maximum absolute atomic E-state index is 11.7. The second-order valence-corrected chi connectivity index (χ2v) is 4.73. The summed E-state index contributed by atoms with van der Waals surface area (Å²) < 4.78 is 0. The monoisotopic (exact) mass is 334 g/mol. The number of pyridine rings is 2. The van der Waals surface area contributed by atoms with Crippen LogP contribution in [0.25, 0.3) is 0 Å². The van der Waals surface area contributed by atoms with Gasteiger partial charge < -0.3 is 21.6 Å². The Hall–Kier alpha value is -2.84. The van der Waals surface area contributed by atoms with Gasteiger partial charge in [0.15, 0.2) is 0 Å². The van der Waals surface area contributed by atoms with Gasteiger partial charge >= 0.3 is 0 Å². The molecule has 2 aromatic rings. The predicted octanol–water partition coefficient (Wildman–Crippen LogP) is 0.965. The van der Waals surface area contributed by atoms with Crippen molar-refractivity contribution in [3.63, 3.8) is 0 Å². The van der Waals surface area contributed by atoms with E-state index in [0.29, 0.717) is 37.3 Å². The Balaban J connectivity index is 0.00000264. The quantitative estimate of drug-likeness (QED) is 0.726. The van der Waals surface area contributed by atoms with E-state index in [-0.39, 0.29) is 22.8 Å². The Morgan fingerprint density at radius 2 is 1.17 bits per heavy atom. The molecule has 2 aromatic heterocycles. The first-order valence-electron chi connectivity index (χ1n) is 7.16. The number of amides is 2. The van der Waals surface area contributed by atoms with Gasteiger partial charge in [-0.25, -0.2) is 9.97 Å². The number of anilines is 2. The highest BCUT2D eigenvalue weighted by Crippen LogP contribution is 2.06. The molecule has 8 heteroatoms. The molecule has 0 aliphatic carbocycles. The Kier molecular flexibility index (Phi) is 10.3. The molecule has 6 N–H and O–H groups in total. The topological polar surface area (TPSA) is 147 Å². The molecule has 0 saturated heterocycles. The van der Waals surface area contributed by atoms with Crippen molar-refractivity contribution in [3.05, 3.63) is 48.8 Å². The van der Waals surface area contributed by atoms with Crippen LogP contribution in [-0.2, 0) is 9.59 Å². The molecule has 0 fully saturated rings. The molecule has 0 atom stereocenters. The second-order valence-electron chi connectivity index (χ2n) is 4.73. The van der Waals surface area contributed by atoms with Crippen molar-refractivity contribution in [1.82, 2.24) is 9.97 Å². The van der Waals surface area contributed by atoms with Crippen molar-refractivity contribution in [2.24, 2.45) is 0 Å². The van der Waals surface area contributed by atoms with Gasteiger partial charge in [-0.1, -0.05) is 12.1 Å². The molecular formula is C16H22N4O4. The Morgan fingerprint density at radius 3 is 1.50 bits per heavy atom. The second kappa shape index (κ2) is 11.7. The summed E-state index contributed by atoms with van der Waals surface area (Å²) in [5.41, 5.74) is 0. The Bertz CT molecular complexity index is 552. The summed E-state index contributed by atoms with van der Waals surface area (Å²) in [6.07, 6.45) is 5.28. The van der Waals surface area contributed by atoms with E-state index in [4.69, 9.17) is 0 Å². The first kappa shape index (κ1) is 21.2. The van der Waals surface area contributed by atoms with Crippen LogP contribution in [0, 0.1) is 0 Å². The molecule has 8 nitrogen and oxygen atoms in total.